The molecular formula is C16H16Cl2N2O. The molecule has 21 heavy (non-hydrogen) atoms. The van der Waals surface area contributed by atoms with Crippen molar-refractivity contribution in [1.82, 2.24) is 9.88 Å². The van der Waals surface area contributed by atoms with Gasteiger partial charge in [-0.3, -0.25) is 4.79 Å². The SMILES string of the molecule is C[C@@]1(C(=O)N2CCc3[nH]c4ccccc4c3C2)CC1(Cl)Cl. The minimum absolute atomic E-state index is 0.0726. The molecule has 1 N–H and O–H groups in total. The molecule has 0 radical (unpaired) electrons. The van der Waals surface area contributed by atoms with Gasteiger partial charge in [-0.25, -0.2) is 0 Å². The Morgan fingerprint density at radius 1 is 1.33 bits per heavy atom. The van der Waals surface area contributed by atoms with E-state index in [1.807, 2.05) is 24.0 Å². The smallest absolute Gasteiger partial charge is 0.231 e. The number of hydrogen-bond acceptors (Lipinski definition) is 1. The van der Waals surface area contributed by atoms with E-state index in [-0.39, 0.29) is 5.91 Å². The van der Waals surface area contributed by atoms with Crippen LogP contribution < -0.4 is 0 Å². The maximum Gasteiger partial charge on any atom is 0.231 e. The number of hydrogen-bond donors (Lipinski definition) is 1. The molecule has 1 atom stereocenters. The van der Waals surface area contributed by atoms with E-state index >= 15 is 0 Å². The summed E-state index contributed by atoms with van der Waals surface area (Å²) in [6, 6.07) is 8.23. The number of carbonyl (C=O) groups is 1. The predicted molar refractivity (Wildman–Crippen MR) is 84.6 cm³/mol. The minimum atomic E-state index is -0.898. The highest BCUT2D eigenvalue weighted by Gasteiger charge is 2.68. The first kappa shape index (κ1) is 13.5. The van der Waals surface area contributed by atoms with Gasteiger partial charge in [0.2, 0.25) is 5.91 Å². The molecule has 1 aliphatic heterocycles. The van der Waals surface area contributed by atoms with Gasteiger partial charge in [-0.1, -0.05) is 18.2 Å². The number of halogens is 2. The lowest BCUT2D eigenvalue weighted by Gasteiger charge is -2.30. The largest absolute Gasteiger partial charge is 0.358 e. The number of para-hydroxylation sites is 1. The summed E-state index contributed by atoms with van der Waals surface area (Å²) in [6.45, 7) is 3.22. The monoisotopic (exact) mass is 322 g/mol. The summed E-state index contributed by atoms with van der Waals surface area (Å²) < 4.78 is -0.898. The lowest BCUT2D eigenvalue weighted by atomic mass is 10.0. The van der Waals surface area contributed by atoms with E-state index in [1.54, 1.807) is 0 Å². The Labute approximate surface area is 133 Å². The Morgan fingerprint density at radius 2 is 2.05 bits per heavy atom. The van der Waals surface area contributed by atoms with Crippen molar-refractivity contribution in [3.8, 4) is 0 Å². The zero-order valence-electron chi connectivity index (χ0n) is 11.7. The first-order valence-electron chi connectivity index (χ1n) is 7.18. The van der Waals surface area contributed by atoms with Crippen molar-refractivity contribution >= 4 is 40.0 Å². The number of carbonyl (C=O) groups excluding carboxylic acids is 1. The number of benzene rings is 1. The fourth-order valence-corrected chi connectivity index (χ4v) is 4.02. The summed E-state index contributed by atoms with van der Waals surface area (Å²) in [5, 5.41) is 1.20. The van der Waals surface area contributed by atoms with E-state index in [2.05, 4.69) is 17.1 Å². The molecule has 0 bridgehead atoms. The quantitative estimate of drug-likeness (QED) is 0.799. The Kier molecular flexibility index (Phi) is 2.68. The van der Waals surface area contributed by atoms with Crippen LogP contribution in [0.4, 0.5) is 0 Å². The molecule has 2 aromatic rings. The first-order valence-corrected chi connectivity index (χ1v) is 7.94. The van der Waals surface area contributed by atoms with Crippen molar-refractivity contribution in [3.63, 3.8) is 0 Å². The number of aromatic nitrogens is 1. The van der Waals surface area contributed by atoms with Gasteiger partial charge < -0.3 is 9.88 Å². The number of rotatable bonds is 1. The molecule has 0 saturated heterocycles. The van der Waals surface area contributed by atoms with Crippen LogP contribution in [0.2, 0.25) is 0 Å². The summed E-state index contributed by atoms with van der Waals surface area (Å²) >= 11 is 12.3. The zero-order valence-corrected chi connectivity index (χ0v) is 13.3. The summed E-state index contributed by atoms with van der Waals surface area (Å²) in [5.74, 6) is 0.0726. The normalized spacial score (nSPS) is 26.7. The molecule has 1 aliphatic carbocycles. The summed E-state index contributed by atoms with van der Waals surface area (Å²) in [5.41, 5.74) is 2.98. The Hall–Kier alpha value is -1.19. The van der Waals surface area contributed by atoms with Crippen molar-refractivity contribution in [2.75, 3.05) is 6.54 Å². The molecule has 0 unspecified atom stereocenters. The molecule has 1 amide bonds. The first-order chi connectivity index (χ1) is 9.92. The molecule has 1 fully saturated rings. The van der Waals surface area contributed by atoms with Gasteiger partial charge in [0.1, 0.15) is 4.33 Å². The van der Waals surface area contributed by atoms with Crippen molar-refractivity contribution in [3.05, 3.63) is 35.5 Å². The minimum Gasteiger partial charge on any atom is -0.358 e. The van der Waals surface area contributed by atoms with Crippen molar-refractivity contribution < 1.29 is 4.79 Å². The molecule has 110 valence electrons. The number of amides is 1. The van der Waals surface area contributed by atoms with Crippen LogP contribution in [0.25, 0.3) is 10.9 Å². The molecule has 1 aromatic carbocycles. The van der Waals surface area contributed by atoms with Gasteiger partial charge in [-0.2, -0.15) is 0 Å². The van der Waals surface area contributed by atoms with Gasteiger partial charge in [0, 0.05) is 41.7 Å². The molecule has 2 aliphatic rings. The van der Waals surface area contributed by atoms with Crippen LogP contribution in [0.3, 0.4) is 0 Å². The van der Waals surface area contributed by atoms with Crippen molar-refractivity contribution in [2.45, 2.75) is 30.6 Å². The number of aromatic amines is 1. The van der Waals surface area contributed by atoms with Gasteiger partial charge in [-0.05, 0) is 19.4 Å². The Bertz CT molecular complexity index is 752. The number of fused-ring (bicyclic) bond motifs is 3. The highest BCUT2D eigenvalue weighted by molar-refractivity contribution is 6.53. The second-order valence-electron chi connectivity index (χ2n) is 6.32. The maximum atomic E-state index is 12.7. The van der Waals surface area contributed by atoms with Gasteiger partial charge in [0.15, 0.2) is 0 Å². The van der Waals surface area contributed by atoms with Crippen LogP contribution in [-0.4, -0.2) is 26.7 Å². The predicted octanol–water partition coefficient (Wildman–Crippen LogP) is 3.64. The fraction of sp³-hybridized carbons (Fsp3) is 0.438. The van der Waals surface area contributed by atoms with Crippen LogP contribution >= 0.6 is 23.2 Å². The van der Waals surface area contributed by atoms with Crippen LogP contribution in [0, 0.1) is 5.41 Å². The van der Waals surface area contributed by atoms with Gasteiger partial charge >= 0.3 is 0 Å². The fourth-order valence-electron chi connectivity index (χ4n) is 3.32. The topological polar surface area (TPSA) is 36.1 Å². The molecule has 1 saturated carbocycles. The second kappa shape index (κ2) is 4.17. The zero-order chi connectivity index (χ0) is 14.8. The number of nitrogens with zero attached hydrogens (tertiary/aromatic N) is 1. The molecule has 0 spiro atoms. The third kappa shape index (κ3) is 1.84. The van der Waals surface area contributed by atoms with Gasteiger partial charge in [-0.15, -0.1) is 23.2 Å². The molecule has 5 heteroatoms. The standard InChI is InChI=1S/C16H16Cl2N2O/c1-15(9-16(15,17)18)14(21)20-7-6-13-11(8-20)10-4-2-3-5-12(10)19-13/h2-5,19H,6-9H2,1H3/t15-/m0/s1. The Morgan fingerprint density at radius 3 is 2.76 bits per heavy atom. The third-order valence-corrected chi connectivity index (χ3v) is 6.00. The highest BCUT2D eigenvalue weighted by atomic mass is 35.5. The third-order valence-electron chi connectivity index (χ3n) is 4.90. The van der Waals surface area contributed by atoms with E-state index in [0.29, 0.717) is 13.0 Å². The molecule has 4 rings (SSSR count). The van der Waals surface area contributed by atoms with Crippen molar-refractivity contribution in [2.24, 2.45) is 5.41 Å². The molecular weight excluding hydrogens is 307 g/mol. The molecule has 1 aromatic heterocycles. The lowest BCUT2D eigenvalue weighted by molar-refractivity contribution is -0.137. The highest BCUT2D eigenvalue weighted by Crippen LogP contribution is 2.64. The summed E-state index contributed by atoms with van der Waals surface area (Å²) in [7, 11) is 0. The van der Waals surface area contributed by atoms with E-state index in [9.17, 15) is 4.79 Å². The van der Waals surface area contributed by atoms with Gasteiger partial charge in [0.25, 0.3) is 0 Å². The van der Waals surface area contributed by atoms with Crippen LogP contribution in [-0.2, 0) is 17.8 Å². The maximum absolute atomic E-state index is 12.7. The second-order valence-corrected chi connectivity index (χ2v) is 7.80. The van der Waals surface area contributed by atoms with E-state index in [4.69, 9.17) is 23.2 Å². The average Bonchev–Trinajstić information content (AvgIpc) is 2.83. The van der Waals surface area contributed by atoms with Crippen LogP contribution in [0.5, 0.6) is 0 Å². The van der Waals surface area contributed by atoms with Crippen LogP contribution in [0.15, 0.2) is 24.3 Å². The summed E-state index contributed by atoms with van der Waals surface area (Å²) in [4.78, 5) is 18.1. The number of alkyl halides is 2. The Balaban J connectivity index is 1.66. The van der Waals surface area contributed by atoms with E-state index in [1.165, 1.54) is 16.6 Å². The number of H-pyrrole nitrogens is 1. The lowest BCUT2D eigenvalue weighted by Crippen LogP contribution is -2.41. The molecule has 3 nitrogen and oxygen atoms in total. The van der Waals surface area contributed by atoms with Crippen molar-refractivity contribution in [1.29, 1.82) is 0 Å². The van der Waals surface area contributed by atoms with Gasteiger partial charge in [0.05, 0.1) is 5.41 Å². The number of nitrogens with one attached hydrogen (secondary N) is 1. The average molecular weight is 323 g/mol. The summed E-state index contributed by atoms with van der Waals surface area (Å²) in [6.07, 6.45) is 1.39. The molecule has 2 heterocycles. The van der Waals surface area contributed by atoms with E-state index < -0.39 is 9.75 Å². The van der Waals surface area contributed by atoms with E-state index in [0.717, 1.165) is 18.5 Å². The van der Waals surface area contributed by atoms with Crippen LogP contribution in [0.1, 0.15) is 24.6 Å².